The Morgan fingerprint density at radius 1 is 1.19 bits per heavy atom. The maximum absolute atomic E-state index is 7.74. The van der Waals surface area contributed by atoms with E-state index in [0.29, 0.717) is 11.9 Å². The van der Waals surface area contributed by atoms with Gasteiger partial charge in [0.1, 0.15) is 0 Å². The summed E-state index contributed by atoms with van der Waals surface area (Å²) in [5.41, 5.74) is 0. The fourth-order valence-corrected chi connectivity index (χ4v) is 4.13. The van der Waals surface area contributed by atoms with Gasteiger partial charge in [0, 0.05) is 20.1 Å². The van der Waals surface area contributed by atoms with E-state index in [1.807, 2.05) is 7.05 Å². The van der Waals surface area contributed by atoms with Crippen molar-refractivity contribution < 1.29 is 9.47 Å². The summed E-state index contributed by atoms with van der Waals surface area (Å²) in [5, 5.41) is 10.7. The maximum Gasteiger partial charge on any atom is 0.157 e. The summed E-state index contributed by atoms with van der Waals surface area (Å²) in [6.07, 6.45) is 11.3. The molecule has 4 heteroatoms. The normalized spacial score (nSPS) is 39.8. The van der Waals surface area contributed by atoms with E-state index in [1.165, 1.54) is 44.9 Å². The van der Waals surface area contributed by atoms with Crippen molar-refractivity contribution in [2.45, 2.75) is 70.2 Å². The maximum atomic E-state index is 7.74. The predicted octanol–water partition coefficient (Wildman–Crippen LogP) is 3.31. The number of hydrogen-bond donors (Lipinski definition) is 2. The standard InChI is InChI=1S/C17H30N2O2/c1-19-16(18)11-13-10-15(13)12-5-7-14(8-6-12)21-17-4-2-3-9-20-17/h12-15,17H,2-11H2,1H3,(H2,18,19)/t12-,13-,14-,15+,17?/m1/s1. The van der Waals surface area contributed by atoms with Gasteiger partial charge >= 0.3 is 0 Å². The fourth-order valence-electron chi connectivity index (χ4n) is 4.13. The second-order valence-corrected chi connectivity index (χ2v) is 7.06. The topological polar surface area (TPSA) is 54.3 Å². The van der Waals surface area contributed by atoms with E-state index in [4.69, 9.17) is 14.9 Å². The molecule has 3 fully saturated rings. The molecular formula is C17H30N2O2. The number of amidine groups is 1. The highest BCUT2D eigenvalue weighted by Gasteiger charge is 2.44. The van der Waals surface area contributed by atoms with Crippen LogP contribution in [0.15, 0.2) is 0 Å². The molecule has 3 rings (SSSR count). The Bertz CT molecular complexity index is 347. The highest BCUT2D eigenvalue weighted by molar-refractivity contribution is 5.79. The zero-order valence-corrected chi connectivity index (χ0v) is 13.3. The molecule has 3 aliphatic rings. The van der Waals surface area contributed by atoms with Crippen molar-refractivity contribution in [2.75, 3.05) is 13.7 Å². The molecule has 0 aromatic rings. The first kappa shape index (κ1) is 15.3. The smallest absolute Gasteiger partial charge is 0.157 e. The first-order valence-electron chi connectivity index (χ1n) is 8.78. The van der Waals surface area contributed by atoms with Crippen LogP contribution in [0.1, 0.15) is 57.8 Å². The van der Waals surface area contributed by atoms with Crippen LogP contribution in [-0.4, -0.2) is 31.9 Å². The Kier molecular flexibility index (Phi) is 5.17. The first-order valence-corrected chi connectivity index (χ1v) is 8.78. The molecule has 2 N–H and O–H groups in total. The van der Waals surface area contributed by atoms with Crippen molar-refractivity contribution in [1.29, 1.82) is 5.41 Å². The van der Waals surface area contributed by atoms with Crippen molar-refractivity contribution >= 4 is 5.84 Å². The average Bonchev–Trinajstić information content (AvgIpc) is 3.28. The quantitative estimate of drug-likeness (QED) is 0.604. The molecule has 2 aliphatic carbocycles. The molecule has 0 amide bonds. The van der Waals surface area contributed by atoms with Gasteiger partial charge in [0.2, 0.25) is 0 Å². The Balaban J connectivity index is 1.35. The third kappa shape index (κ3) is 4.19. The minimum absolute atomic E-state index is 0.0741. The molecule has 2 saturated carbocycles. The van der Waals surface area contributed by atoms with Crippen LogP contribution in [-0.2, 0) is 9.47 Å². The zero-order valence-electron chi connectivity index (χ0n) is 13.3. The van der Waals surface area contributed by atoms with Gasteiger partial charge < -0.3 is 14.8 Å². The van der Waals surface area contributed by atoms with Gasteiger partial charge in [-0.15, -0.1) is 0 Å². The highest BCUT2D eigenvalue weighted by Crippen LogP contribution is 2.51. The second-order valence-electron chi connectivity index (χ2n) is 7.06. The first-order chi connectivity index (χ1) is 10.3. The van der Waals surface area contributed by atoms with Gasteiger partial charge in [-0.2, -0.15) is 0 Å². The van der Waals surface area contributed by atoms with Gasteiger partial charge in [0.15, 0.2) is 6.29 Å². The summed E-state index contributed by atoms with van der Waals surface area (Å²) in [5.74, 6) is 3.24. The average molecular weight is 294 g/mol. The molecule has 1 saturated heterocycles. The molecule has 0 spiro atoms. The minimum Gasteiger partial charge on any atom is -0.377 e. The Morgan fingerprint density at radius 2 is 2.00 bits per heavy atom. The summed E-state index contributed by atoms with van der Waals surface area (Å²) in [6.45, 7) is 0.876. The van der Waals surface area contributed by atoms with Crippen molar-refractivity contribution in [3.63, 3.8) is 0 Å². The van der Waals surface area contributed by atoms with E-state index in [-0.39, 0.29) is 6.29 Å². The molecule has 0 bridgehead atoms. The molecule has 1 aliphatic heterocycles. The van der Waals surface area contributed by atoms with Gasteiger partial charge in [-0.1, -0.05) is 0 Å². The predicted molar refractivity (Wildman–Crippen MR) is 83.4 cm³/mol. The zero-order chi connectivity index (χ0) is 14.7. The fraction of sp³-hybridized carbons (Fsp3) is 0.941. The molecule has 120 valence electrons. The number of hydrogen-bond acceptors (Lipinski definition) is 3. The molecule has 0 radical (unpaired) electrons. The van der Waals surface area contributed by atoms with Gasteiger partial charge in [-0.05, 0) is 69.1 Å². The summed E-state index contributed by atoms with van der Waals surface area (Å²) < 4.78 is 11.8. The highest BCUT2D eigenvalue weighted by atomic mass is 16.7. The van der Waals surface area contributed by atoms with Crippen molar-refractivity contribution in [1.82, 2.24) is 5.32 Å². The van der Waals surface area contributed by atoms with Gasteiger partial charge in [0.05, 0.1) is 11.9 Å². The monoisotopic (exact) mass is 294 g/mol. The molecule has 0 aromatic heterocycles. The summed E-state index contributed by atoms with van der Waals surface area (Å²) in [6, 6.07) is 0. The molecule has 1 heterocycles. The van der Waals surface area contributed by atoms with Crippen molar-refractivity contribution in [3.05, 3.63) is 0 Å². The van der Waals surface area contributed by atoms with Gasteiger partial charge in [-0.3, -0.25) is 5.41 Å². The van der Waals surface area contributed by atoms with E-state index in [9.17, 15) is 0 Å². The lowest BCUT2D eigenvalue weighted by Gasteiger charge is -2.33. The van der Waals surface area contributed by atoms with Gasteiger partial charge in [-0.25, -0.2) is 0 Å². The summed E-state index contributed by atoms with van der Waals surface area (Å²) in [7, 11) is 1.86. The van der Waals surface area contributed by atoms with E-state index in [2.05, 4.69) is 5.32 Å². The Hall–Kier alpha value is -0.610. The van der Waals surface area contributed by atoms with Crippen LogP contribution in [0.2, 0.25) is 0 Å². The minimum atomic E-state index is 0.0741. The third-order valence-electron chi connectivity index (χ3n) is 5.55. The summed E-state index contributed by atoms with van der Waals surface area (Å²) >= 11 is 0. The van der Waals surface area contributed by atoms with Crippen LogP contribution >= 0.6 is 0 Å². The van der Waals surface area contributed by atoms with E-state index in [1.54, 1.807) is 0 Å². The van der Waals surface area contributed by atoms with Crippen LogP contribution < -0.4 is 5.32 Å². The summed E-state index contributed by atoms with van der Waals surface area (Å²) in [4.78, 5) is 0. The number of ether oxygens (including phenoxy) is 2. The molecule has 4 nitrogen and oxygen atoms in total. The second kappa shape index (κ2) is 7.10. The van der Waals surface area contributed by atoms with Crippen LogP contribution in [0.5, 0.6) is 0 Å². The lowest BCUT2D eigenvalue weighted by molar-refractivity contribution is -0.194. The number of rotatable bonds is 5. The van der Waals surface area contributed by atoms with Crippen LogP contribution in [0.3, 0.4) is 0 Å². The molecule has 21 heavy (non-hydrogen) atoms. The Labute approximate surface area is 128 Å². The van der Waals surface area contributed by atoms with Gasteiger partial charge in [0.25, 0.3) is 0 Å². The molecular weight excluding hydrogens is 264 g/mol. The number of nitrogens with one attached hydrogen (secondary N) is 2. The lowest BCUT2D eigenvalue weighted by Crippen LogP contribution is -2.31. The lowest BCUT2D eigenvalue weighted by atomic mass is 9.83. The molecule has 0 aromatic carbocycles. The third-order valence-corrected chi connectivity index (χ3v) is 5.55. The van der Waals surface area contributed by atoms with Crippen LogP contribution in [0.4, 0.5) is 0 Å². The SMILES string of the molecule is CNC(=N)C[C@H]1C[C@H]1[C@H]1CC[C@H](OC2CCCCO2)CC1. The van der Waals surface area contributed by atoms with Crippen LogP contribution in [0, 0.1) is 23.2 Å². The van der Waals surface area contributed by atoms with Crippen molar-refractivity contribution in [3.8, 4) is 0 Å². The largest absolute Gasteiger partial charge is 0.377 e. The van der Waals surface area contributed by atoms with E-state index in [0.717, 1.165) is 37.2 Å². The Morgan fingerprint density at radius 3 is 2.67 bits per heavy atom. The molecule has 1 unspecified atom stereocenters. The molecule has 3 atom stereocenters. The van der Waals surface area contributed by atoms with E-state index < -0.39 is 0 Å². The van der Waals surface area contributed by atoms with Crippen molar-refractivity contribution in [2.24, 2.45) is 17.8 Å². The van der Waals surface area contributed by atoms with E-state index >= 15 is 0 Å². The van der Waals surface area contributed by atoms with Crippen LogP contribution in [0.25, 0.3) is 0 Å².